The zero-order valence-corrected chi connectivity index (χ0v) is 20.5. The monoisotopic (exact) mass is 478 g/mol. The Hall–Kier alpha value is -4.15. The van der Waals surface area contributed by atoms with Crippen LogP contribution in [0.25, 0.3) is 33.6 Å². The maximum atomic E-state index is 13.3. The molecule has 2 aliphatic rings. The standard InChI is InChI=1S/C29H26N4O3/c1-17-4-5-18(10-20(17)14-30)23-8-9-31-25-13-27(36-28(23)25)24-7-6-19(11-26(24)35-3)29(34)33-16-21-12-22(33)15-32(21)2/h4-11,13,21-22H,12,15-16H2,1-3H3/t21-,22-/m0/s1. The van der Waals surface area contributed by atoms with E-state index in [1.54, 1.807) is 19.4 Å². The first-order chi connectivity index (χ1) is 17.5. The first kappa shape index (κ1) is 22.3. The smallest absolute Gasteiger partial charge is 0.254 e. The van der Waals surface area contributed by atoms with E-state index in [0.717, 1.165) is 41.8 Å². The molecule has 4 heterocycles. The minimum absolute atomic E-state index is 0.0432. The topological polar surface area (TPSA) is 82.6 Å². The minimum Gasteiger partial charge on any atom is -0.496 e. The highest BCUT2D eigenvalue weighted by atomic mass is 16.5. The number of piperazine rings is 1. The van der Waals surface area contributed by atoms with Gasteiger partial charge in [-0.2, -0.15) is 5.26 Å². The van der Waals surface area contributed by atoms with Crippen LogP contribution in [0, 0.1) is 18.3 Å². The normalized spacial score (nSPS) is 19.1. The van der Waals surface area contributed by atoms with Crippen molar-refractivity contribution in [3.63, 3.8) is 0 Å². The summed E-state index contributed by atoms with van der Waals surface area (Å²) in [5, 5.41) is 9.46. The number of likely N-dealkylation sites (N-methyl/N-ethyl adjacent to an activating group) is 1. The average molecular weight is 479 g/mol. The molecule has 0 N–H and O–H groups in total. The third-order valence-electron chi connectivity index (χ3n) is 7.57. The molecule has 2 saturated heterocycles. The molecule has 2 bridgehead atoms. The Balaban J connectivity index is 1.36. The summed E-state index contributed by atoms with van der Waals surface area (Å²) in [5.74, 6) is 1.22. The number of hydrogen-bond donors (Lipinski definition) is 0. The first-order valence-corrected chi connectivity index (χ1v) is 12.1. The van der Waals surface area contributed by atoms with Crippen molar-refractivity contribution >= 4 is 17.0 Å². The number of rotatable bonds is 4. The Morgan fingerprint density at radius 1 is 1.11 bits per heavy atom. The largest absolute Gasteiger partial charge is 0.496 e. The molecular formula is C29H26N4O3. The van der Waals surface area contributed by atoms with Crippen LogP contribution in [0.4, 0.5) is 0 Å². The van der Waals surface area contributed by atoms with Crippen molar-refractivity contribution in [3.05, 3.63) is 71.4 Å². The fourth-order valence-electron chi connectivity index (χ4n) is 5.52. The molecule has 4 aromatic rings. The Labute approximate surface area is 209 Å². The summed E-state index contributed by atoms with van der Waals surface area (Å²) >= 11 is 0. The number of fused-ring (bicyclic) bond motifs is 3. The second-order valence-electron chi connectivity index (χ2n) is 9.68. The highest BCUT2D eigenvalue weighted by Crippen LogP contribution is 2.38. The van der Waals surface area contributed by atoms with Crippen LogP contribution in [-0.4, -0.2) is 60.0 Å². The van der Waals surface area contributed by atoms with Gasteiger partial charge in [0.25, 0.3) is 5.91 Å². The summed E-state index contributed by atoms with van der Waals surface area (Å²) in [6.45, 7) is 3.62. The van der Waals surface area contributed by atoms with Gasteiger partial charge in [-0.15, -0.1) is 0 Å². The highest BCUT2D eigenvalue weighted by molar-refractivity contribution is 5.97. The highest BCUT2D eigenvalue weighted by Gasteiger charge is 2.43. The number of furan rings is 1. The Bertz CT molecular complexity index is 1550. The summed E-state index contributed by atoms with van der Waals surface area (Å²) in [6.07, 6.45) is 2.78. The number of aromatic nitrogens is 1. The van der Waals surface area contributed by atoms with Crippen LogP contribution < -0.4 is 4.74 Å². The second kappa shape index (κ2) is 8.51. The maximum absolute atomic E-state index is 13.3. The molecule has 6 rings (SSSR count). The summed E-state index contributed by atoms with van der Waals surface area (Å²) in [5.41, 5.74) is 6.03. The molecule has 2 aromatic heterocycles. The number of nitrogens with zero attached hydrogens (tertiary/aromatic N) is 4. The van der Waals surface area contributed by atoms with E-state index in [1.165, 1.54) is 0 Å². The predicted molar refractivity (Wildman–Crippen MR) is 137 cm³/mol. The number of hydrogen-bond acceptors (Lipinski definition) is 6. The van der Waals surface area contributed by atoms with Crippen molar-refractivity contribution < 1.29 is 13.9 Å². The van der Waals surface area contributed by atoms with E-state index in [0.29, 0.717) is 39.8 Å². The lowest BCUT2D eigenvalue weighted by Crippen LogP contribution is -2.47. The van der Waals surface area contributed by atoms with Gasteiger partial charge in [0.1, 0.15) is 17.0 Å². The maximum Gasteiger partial charge on any atom is 0.254 e. The molecule has 2 aliphatic heterocycles. The van der Waals surface area contributed by atoms with E-state index in [-0.39, 0.29) is 11.9 Å². The van der Waals surface area contributed by atoms with Crippen LogP contribution in [0.2, 0.25) is 0 Å². The molecule has 0 radical (unpaired) electrons. The lowest BCUT2D eigenvalue weighted by Gasteiger charge is -2.32. The average Bonchev–Trinajstić information content (AvgIpc) is 3.61. The van der Waals surface area contributed by atoms with Gasteiger partial charge < -0.3 is 14.1 Å². The number of ether oxygens (including phenoxy) is 1. The molecule has 36 heavy (non-hydrogen) atoms. The molecule has 2 fully saturated rings. The molecule has 7 heteroatoms. The van der Waals surface area contributed by atoms with E-state index in [2.05, 4.69) is 23.0 Å². The molecular weight excluding hydrogens is 452 g/mol. The number of aryl methyl sites for hydroxylation is 1. The van der Waals surface area contributed by atoms with Crippen LogP contribution in [-0.2, 0) is 0 Å². The Kier molecular flexibility index (Phi) is 5.27. The Morgan fingerprint density at radius 2 is 1.97 bits per heavy atom. The lowest BCUT2D eigenvalue weighted by atomic mass is 10.0. The van der Waals surface area contributed by atoms with Crippen molar-refractivity contribution in [2.75, 3.05) is 27.2 Å². The van der Waals surface area contributed by atoms with Gasteiger partial charge in [-0.1, -0.05) is 12.1 Å². The van der Waals surface area contributed by atoms with E-state index in [9.17, 15) is 10.1 Å². The number of amides is 1. The Morgan fingerprint density at radius 3 is 2.69 bits per heavy atom. The number of benzene rings is 2. The van der Waals surface area contributed by atoms with Crippen molar-refractivity contribution in [3.8, 4) is 34.3 Å². The van der Waals surface area contributed by atoms with Gasteiger partial charge in [0, 0.05) is 48.6 Å². The molecule has 0 aliphatic carbocycles. The summed E-state index contributed by atoms with van der Waals surface area (Å²) in [6, 6.07) is 18.1. The zero-order chi connectivity index (χ0) is 25.0. The van der Waals surface area contributed by atoms with E-state index in [1.807, 2.05) is 54.3 Å². The SMILES string of the molecule is COc1cc(C(=O)N2C[C@@H]3C[C@H]2CN3C)ccc1-c1cc2nccc(-c3ccc(C)c(C#N)c3)c2o1. The van der Waals surface area contributed by atoms with Gasteiger partial charge >= 0.3 is 0 Å². The van der Waals surface area contributed by atoms with Gasteiger partial charge in [-0.25, -0.2) is 0 Å². The molecule has 0 spiro atoms. The quantitative estimate of drug-likeness (QED) is 0.416. The van der Waals surface area contributed by atoms with Crippen LogP contribution in [0.15, 0.2) is 59.1 Å². The number of pyridine rings is 1. The zero-order valence-electron chi connectivity index (χ0n) is 20.5. The number of carbonyl (C=O) groups is 1. The van der Waals surface area contributed by atoms with Crippen LogP contribution in [0.1, 0.15) is 27.9 Å². The molecule has 0 unspecified atom stereocenters. The van der Waals surface area contributed by atoms with Gasteiger partial charge in [0.05, 0.1) is 24.3 Å². The predicted octanol–water partition coefficient (Wildman–Crippen LogP) is 4.88. The number of nitriles is 1. The fourth-order valence-corrected chi connectivity index (χ4v) is 5.52. The first-order valence-electron chi connectivity index (χ1n) is 12.1. The molecule has 7 nitrogen and oxygen atoms in total. The lowest BCUT2D eigenvalue weighted by molar-refractivity contribution is 0.0650. The van der Waals surface area contributed by atoms with Crippen LogP contribution in [0.3, 0.4) is 0 Å². The molecule has 2 aromatic carbocycles. The van der Waals surface area contributed by atoms with Gasteiger partial charge in [-0.3, -0.25) is 14.7 Å². The van der Waals surface area contributed by atoms with Crippen LogP contribution >= 0.6 is 0 Å². The van der Waals surface area contributed by atoms with E-state index < -0.39 is 0 Å². The van der Waals surface area contributed by atoms with E-state index >= 15 is 0 Å². The third kappa shape index (κ3) is 3.53. The number of methoxy groups -OCH3 is 1. The van der Waals surface area contributed by atoms with Gasteiger partial charge in [-0.05, 0) is 61.9 Å². The van der Waals surface area contributed by atoms with Crippen molar-refractivity contribution in [1.29, 1.82) is 5.26 Å². The summed E-state index contributed by atoms with van der Waals surface area (Å²) in [4.78, 5) is 22.1. The molecule has 1 amide bonds. The second-order valence-corrected chi connectivity index (χ2v) is 9.68. The molecule has 0 saturated carbocycles. The van der Waals surface area contributed by atoms with Crippen molar-refractivity contribution in [2.24, 2.45) is 0 Å². The number of carbonyl (C=O) groups excluding carboxylic acids is 1. The summed E-state index contributed by atoms with van der Waals surface area (Å²) < 4.78 is 12.0. The summed E-state index contributed by atoms with van der Waals surface area (Å²) in [7, 11) is 3.72. The molecule has 180 valence electrons. The van der Waals surface area contributed by atoms with Crippen LogP contribution in [0.5, 0.6) is 5.75 Å². The molecule has 2 atom stereocenters. The van der Waals surface area contributed by atoms with E-state index in [4.69, 9.17) is 9.15 Å². The fraction of sp³-hybridized carbons (Fsp3) is 0.276. The third-order valence-corrected chi connectivity index (χ3v) is 7.57. The van der Waals surface area contributed by atoms with Gasteiger partial charge in [0.2, 0.25) is 0 Å². The minimum atomic E-state index is 0.0432. The van der Waals surface area contributed by atoms with Crippen molar-refractivity contribution in [2.45, 2.75) is 25.4 Å². The van der Waals surface area contributed by atoms with Gasteiger partial charge in [0.15, 0.2) is 5.58 Å². The number of likely N-dealkylation sites (tertiary alicyclic amines) is 2. The van der Waals surface area contributed by atoms with Crippen molar-refractivity contribution in [1.82, 2.24) is 14.8 Å².